The number of amides is 1. The monoisotopic (exact) mass is 349 g/mol. The molecule has 1 aliphatic heterocycles. The summed E-state index contributed by atoms with van der Waals surface area (Å²) in [6, 6.07) is 4.40. The molecule has 6 nitrogen and oxygen atoms in total. The van der Waals surface area contributed by atoms with Crippen molar-refractivity contribution in [1.29, 1.82) is 0 Å². The highest BCUT2D eigenvalue weighted by atomic mass is 35.5. The van der Waals surface area contributed by atoms with E-state index < -0.39 is 0 Å². The number of nitrogens with zero attached hydrogens (tertiary/aromatic N) is 4. The molecule has 1 aromatic heterocycles. The number of hydrogen-bond acceptors (Lipinski definition) is 5. The second-order valence-electron chi connectivity index (χ2n) is 5.59. The Morgan fingerprint density at radius 2 is 1.92 bits per heavy atom. The van der Waals surface area contributed by atoms with Gasteiger partial charge in [0.15, 0.2) is 11.5 Å². The van der Waals surface area contributed by atoms with Crippen LogP contribution in [0.25, 0.3) is 0 Å². The first kappa shape index (κ1) is 16.6. The van der Waals surface area contributed by atoms with Crippen molar-refractivity contribution in [2.24, 2.45) is 0 Å². The molecule has 1 aliphatic rings. The molecule has 0 saturated carbocycles. The number of benzene rings is 1. The van der Waals surface area contributed by atoms with E-state index in [4.69, 9.17) is 17.3 Å². The van der Waals surface area contributed by atoms with E-state index in [0.717, 1.165) is 5.56 Å². The summed E-state index contributed by atoms with van der Waals surface area (Å²) in [7, 11) is 0. The van der Waals surface area contributed by atoms with E-state index in [1.807, 2.05) is 0 Å². The molecule has 2 N–H and O–H groups in total. The van der Waals surface area contributed by atoms with Gasteiger partial charge in [0.05, 0.1) is 0 Å². The minimum absolute atomic E-state index is 0.142. The summed E-state index contributed by atoms with van der Waals surface area (Å²) in [6.45, 7) is 3.13. The van der Waals surface area contributed by atoms with E-state index in [9.17, 15) is 9.18 Å². The predicted octanol–water partition coefficient (Wildman–Crippen LogP) is 1.81. The molecule has 0 spiro atoms. The number of piperazine rings is 1. The van der Waals surface area contributed by atoms with Gasteiger partial charge in [0, 0.05) is 50.1 Å². The number of rotatable bonds is 3. The minimum Gasteiger partial charge on any atom is -0.382 e. The van der Waals surface area contributed by atoms with Crippen molar-refractivity contribution >= 4 is 23.3 Å². The van der Waals surface area contributed by atoms with E-state index in [1.165, 1.54) is 24.5 Å². The van der Waals surface area contributed by atoms with Crippen LogP contribution in [0, 0.1) is 5.82 Å². The molecule has 1 amide bonds. The third-order valence-electron chi connectivity index (χ3n) is 4.00. The number of carbonyl (C=O) groups excluding carboxylic acids is 1. The SMILES string of the molecule is Nc1nccnc1C(=O)N1CCN(Cc2ccc(F)cc2Cl)CC1. The van der Waals surface area contributed by atoms with Crippen molar-refractivity contribution in [3.63, 3.8) is 0 Å². The lowest BCUT2D eigenvalue weighted by atomic mass is 10.2. The lowest BCUT2D eigenvalue weighted by Crippen LogP contribution is -2.48. The molecule has 1 aromatic carbocycles. The molecular weight excluding hydrogens is 333 g/mol. The Hall–Kier alpha value is -2.25. The quantitative estimate of drug-likeness (QED) is 0.914. The average molecular weight is 350 g/mol. The van der Waals surface area contributed by atoms with Crippen molar-refractivity contribution in [2.75, 3.05) is 31.9 Å². The highest BCUT2D eigenvalue weighted by Gasteiger charge is 2.25. The summed E-state index contributed by atoms with van der Waals surface area (Å²) < 4.78 is 13.1. The maximum absolute atomic E-state index is 13.1. The molecule has 126 valence electrons. The molecule has 0 atom stereocenters. The maximum Gasteiger partial charge on any atom is 0.276 e. The molecule has 2 aromatic rings. The zero-order chi connectivity index (χ0) is 17.1. The first-order valence-electron chi connectivity index (χ1n) is 7.56. The number of halogens is 2. The fourth-order valence-corrected chi connectivity index (χ4v) is 2.89. The van der Waals surface area contributed by atoms with Gasteiger partial charge in [-0.25, -0.2) is 14.4 Å². The number of carbonyl (C=O) groups is 1. The molecule has 24 heavy (non-hydrogen) atoms. The lowest BCUT2D eigenvalue weighted by Gasteiger charge is -2.34. The number of anilines is 1. The van der Waals surface area contributed by atoms with Crippen molar-refractivity contribution < 1.29 is 9.18 Å². The summed E-state index contributed by atoms with van der Waals surface area (Å²) in [5.41, 5.74) is 6.77. The fourth-order valence-electron chi connectivity index (χ4n) is 2.66. The summed E-state index contributed by atoms with van der Waals surface area (Å²) in [6.07, 6.45) is 2.91. The van der Waals surface area contributed by atoms with Gasteiger partial charge in [0.1, 0.15) is 5.82 Å². The Morgan fingerprint density at radius 3 is 2.58 bits per heavy atom. The van der Waals surface area contributed by atoms with E-state index >= 15 is 0 Å². The third kappa shape index (κ3) is 3.63. The number of nitrogen functional groups attached to an aromatic ring is 1. The second kappa shape index (κ2) is 7.11. The Labute approximate surface area is 144 Å². The molecule has 1 fully saturated rings. The van der Waals surface area contributed by atoms with Crippen LogP contribution in [0.15, 0.2) is 30.6 Å². The molecule has 2 heterocycles. The summed E-state index contributed by atoms with van der Waals surface area (Å²) >= 11 is 6.07. The first-order chi connectivity index (χ1) is 11.5. The van der Waals surface area contributed by atoms with Crippen LogP contribution in [0.4, 0.5) is 10.2 Å². The van der Waals surface area contributed by atoms with Gasteiger partial charge in [-0.15, -0.1) is 0 Å². The highest BCUT2D eigenvalue weighted by Crippen LogP contribution is 2.20. The molecular formula is C16H17ClFN5O. The Balaban J connectivity index is 1.60. The van der Waals surface area contributed by atoms with Gasteiger partial charge in [0.25, 0.3) is 5.91 Å². The number of aromatic nitrogens is 2. The zero-order valence-corrected chi connectivity index (χ0v) is 13.7. The van der Waals surface area contributed by atoms with Gasteiger partial charge >= 0.3 is 0 Å². The highest BCUT2D eigenvalue weighted by molar-refractivity contribution is 6.31. The Bertz CT molecular complexity index is 749. The smallest absolute Gasteiger partial charge is 0.276 e. The summed E-state index contributed by atoms with van der Waals surface area (Å²) in [5, 5.41) is 0.417. The first-order valence-corrected chi connectivity index (χ1v) is 7.94. The Morgan fingerprint density at radius 1 is 1.21 bits per heavy atom. The van der Waals surface area contributed by atoms with Crippen LogP contribution in [0.5, 0.6) is 0 Å². The Kier molecular flexibility index (Phi) is 4.92. The minimum atomic E-state index is -0.347. The van der Waals surface area contributed by atoms with Crippen LogP contribution in [-0.2, 0) is 6.54 Å². The maximum atomic E-state index is 13.1. The molecule has 0 bridgehead atoms. The average Bonchev–Trinajstić information content (AvgIpc) is 2.58. The molecule has 0 radical (unpaired) electrons. The summed E-state index contributed by atoms with van der Waals surface area (Å²) in [4.78, 5) is 24.2. The number of nitrogens with two attached hydrogens (primary N) is 1. The van der Waals surface area contributed by atoms with Crippen molar-refractivity contribution in [3.8, 4) is 0 Å². The fraction of sp³-hybridized carbons (Fsp3) is 0.312. The predicted molar refractivity (Wildman–Crippen MR) is 89.0 cm³/mol. The van der Waals surface area contributed by atoms with E-state index in [2.05, 4.69) is 14.9 Å². The van der Waals surface area contributed by atoms with E-state index in [-0.39, 0.29) is 23.2 Å². The molecule has 0 unspecified atom stereocenters. The van der Waals surface area contributed by atoms with Gasteiger partial charge in [-0.3, -0.25) is 9.69 Å². The molecule has 8 heteroatoms. The van der Waals surface area contributed by atoms with Crippen molar-refractivity contribution in [1.82, 2.24) is 19.8 Å². The van der Waals surface area contributed by atoms with Gasteiger partial charge in [-0.1, -0.05) is 17.7 Å². The lowest BCUT2D eigenvalue weighted by molar-refractivity contribution is 0.0623. The van der Waals surface area contributed by atoms with Gasteiger partial charge in [0.2, 0.25) is 0 Å². The normalized spacial score (nSPS) is 15.5. The second-order valence-corrected chi connectivity index (χ2v) is 6.00. The van der Waals surface area contributed by atoms with Crippen LogP contribution < -0.4 is 5.73 Å². The topological polar surface area (TPSA) is 75.3 Å². The van der Waals surface area contributed by atoms with E-state index in [0.29, 0.717) is 37.7 Å². The standard InChI is InChI=1S/C16H17ClFN5O/c17-13-9-12(18)2-1-11(13)10-22-5-7-23(8-6-22)16(24)14-15(19)21-4-3-20-14/h1-4,9H,5-8,10H2,(H2,19,21). The summed E-state index contributed by atoms with van der Waals surface area (Å²) in [5.74, 6) is -0.413. The molecule has 3 rings (SSSR count). The van der Waals surface area contributed by atoms with Crippen LogP contribution in [0.2, 0.25) is 5.02 Å². The van der Waals surface area contributed by atoms with Crippen LogP contribution in [0.1, 0.15) is 16.1 Å². The van der Waals surface area contributed by atoms with Gasteiger partial charge in [-0.2, -0.15) is 0 Å². The van der Waals surface area contributed by atoms with Crippen LogP contribution in [-0.4, -0.2) is 51.9 Å². The van der Waals surface area contributed by atoms with E-state index in [1.54, 1.807) is 11.0 Å². The van der Waals surface area contributed by atoms with Crippen LogP contribution in [0.3, 0.4) is 0 Å². The van der Waals surface area contributed by atoms with Gasteiger partial charge in [-0.05, 0) is 17.7 Å². The number of hydrogen-bond donors (Lipinski definition) is 1. The molecule has 0 aliphatic carbocycles. The largest absolute Gasteiger partial charge is 0.382 e. The van der Waals surface area contributed by atoms with Gasteiger partial charge < -0.3 is 10.6 Å². The van der Waals surface area contributed by atoms with Crippen molar-refractivity contribution in [2.45, 2.75) is 6.54 Å². The van der Waals surface area contributed by atoms with Crippen molar-refractivity contribution in [3.05, 3.63) is 52.7 Å². The molecule has 1 saturated heterocycles. The third-order valence-corrected chi connectivity index (χ3v) is 4.35. The van der Waals surface area contributed by atoms with Crippen LogP contribution >= 0.6 is 11.6 Å². The zero-order valence-electron chi connectivity index (χ0n) is 13.0.